The molecule has 1 aliphatic carbocycles. The summed E-state index contributed by atoms with van der Waals surface area (Å²) in [7, 11) is 0. The average Bonchev–Trinajstić information content (AvgIpc) is 2.35. The van der Waals surface area contributed by atoms with Crippen LogP contribution in [0.25, 0.3) is 0 Å². The molecule has 1 aromatic rings. The summed E-state index contributed by atoms with van der Waals surface area (Å²) in [4.78, 5) is 24.7. The summed E-state index contributed by atoms with van der Waals surface area (Å²) in [6.45, 7) is 2.56. The molecule has 2 atom stereocenters. The molecule has 0 amide bonds. The molecule has 100 valence electrons. The Labute approximate surface area is 104 Å². The molecule has 1 aliphatic rings. The molecule has 1 saturated carbocycles. The van der Waals surface area contributed by atoms with Crippen LogP contribution in [0, 0.1) is 5.92 Å². The molecular weight excluding hydrogens is 234 g/mol. The third-order valence-corrected chi connectivity index (χ3v) is 3.90. The van der Waals surface area contributed by atoms with Crippen molar-refractivity contribution >= 4 is 5.82 Å². The zero-order chi connectivity index (χ0) is 13.2. The molecule has 0 bridgehead atoms. The zero-order valence-electron chi connectivity index (χ0n) is 10.5. The van der Waals surface area contributed by atoms with Crippen molar-refractivity contribution in [1.29, 1.82) is 0 Å². The van der Waals surface area contributed by atoms with Crippen LogP contribution in [0.5, 0.6) is 0 Å². The second-order valence-corrected chi connectivity index (χ2v) is 4.99. The molecule has 1 fully saturated rings. The maximum atomic E-state index is 11.6. The van der Waals surface area contributed by atoms with E-state index in [0.717, 1.165) is 19.3 Å². The van der Waals surface area contributed by atoms with Crippen molar-refractivity contribution in [3.63, 3.8) is 0 Å². The Kier molecular flexibility index (Phi) is 3.51. The fourth-order valence-corrected chi connectivity index (χ4v) is 2.62. The van der Waals surface area contributed by atoms with Gasteiger partial charge in [0.15, 0.2) is 0 Å². The molecule has 2 rings (SSSR count). The lowest BCUT2D eigenvalue weighted by Gasteiger charge is -2.42. The zero-order valence-corrected chi connectivity index (χ0v) is 10.5. The lowest BCUT2D eigenvalue weighted by molar-refractivity contribution is 0.234. The molecule has 18 heavy (non-hydrogen) atoms. The van der Waals surface area contributed by atoms with Crippen LogP contribution in [0.4, 0.5) is 5.82 Å². The van der Waals surface area contributed by atoms with E-state index in [1.807, 2.05) is 0 Å². The lowest BCUT2D eigenvalue weighted by Crippen LogP contribution is -2.53. The Balaban J connectivity index is 2.29. The second kappa shape index (κ2) is 4.93. The van der Waals surface area contributed by atoms with Gasteiger partial charge in [-0.2, -0.15) is 0 Å². The Morgan fingerprint density at radius 3 is 2.89 bits per heavy atom. The van der Waals surface area contributed by atoms with Gasteiger partial charge in [-0.25, -0.2) is 9.89 Å². The van der Waals surface area contributed by atoms with Crippen molar-refractivity contribution in [3.05, 3.63) is 20.8 Å². The summed E-state index contributed by atoms with van der Waals surface area (Å²) in [5.41, 5.74) is 4.46. The molecule has 1 aromatic heterocycles. The SMILES string of the molecule is CC1CCCCC1(CN)Nc1n[nH]c(=O)[nH]c1=O. The summed E-state index contributed by atoms with van der Waals surface area (Å²) in [5.74, 6) is 0.498. The van der Waals surface area contributed by atoms with Crippen molar-refractivity contribution in [1.82, 2.24) is 15.2 Å². The van der Waals surface area contributed by atoms with Gasteiger partial charge in [-0.15, -0.1) is 5.10 Å². The Morgan fingerprint density at radius 2 is 2.28 bits per heavy atom. The van der Waals surface area contributed by atoms with E-state index in [9.17, 15) is 9.59 Å². The monoisotopic (exact) mass is 253 g/mol. The van der Waals surface area contributed by atoms with E-state index < -0.39 is 11.2 Å². The van der Waals surface area contributed by atoms with E-state index in [2.05, 4.69) is 27.4 Å². The normalized spacial score (nSPS) is 28.0. The van der Waals surface area contributed by atoms with Crippen molar-refractivity contribution in [3.8, 4) is 0 Å². The smallest absolute Gasteiger partial charge is 0.342 e. The van der Waals surface area contributed by atoms with Gasteiger partial charge < -0.3 is 11.1 Å². The standard InChI is InChI=1S/C11H19N5O2/c1-7-4-2-3-5-11(7,6-12)14-8-9(17)13-10(18)16-15-8/h7H,2-6,12H2,1H3,(H,14,15)(H2,13,16,17,18). The van der Waals surface area contributed by atoms with E-state index in [1.165, 1.54) is 6.42 Å². The van der Waals surface area contributed by atoms with E-state index in [1.54, 1.807) is 0 Å². The molecular formula is C11H19N5O2. The van der Waals surface area contributed by atoms with Crippen LogP contribution >= 0.6 is 0 Å². The van der Waals surface area contributed by atoms with Crippen molar-refractivity contribution < 1.29 is 0 Å². The largest absolute Gasteiger partial charge is 0.357 e. The minimum absolute atomic E-state index is 0.133. The van der Waals surface area contributed by atoms with Crippen LogP contribution < -0.4 is 22.3 Å². The van der Waals surface area contributed by atoms with Crippen molar-refractivity contribution in [2.45, 2.75) is 38.1 Å². The highest BCUT2D eigenvalue weighted by Crippen LogP contribution is 2.34. The number of hydrogen-bond donors (Lipinski definition) is 4. The van der Waals surface area contributed by atoms with Gasteiger partial charge in [0.25, 0.3) is 5.56 Å². The van der Waals surface area contributed by atoms with E-state index in [4.69, 9.17) is 5.73 Å². The van der Waals surface area contributed by atoms with Crippen LogP contribution in [0.3, 0.4) is 0 Å². The highest BCUT2D eigenvalue weighted by Gasteiger charge is 2.37. The van der Waals surface area contributed by atoms with Gasteiger partial charge >= 0.3 is 5.69 Å². The van der Waals surface area contributed by atoms with Crippen molar-refractivity contribution in [2.24, 2.45) is 11.7 Å². The Morgan fingerprint density at radius 1 is 1.50 bits per heavy atom. The molecule has 0 spiro atoms. The van der Waals surface area contributed by atoms with Crippen molar-refractivity contribution in [2.75, 3.05) is 11.9 Å². The van der Waals surface area contributed by atoms with Gasteiger partial charge in [-0.3, -0.25) is 9.78 Å². The molecule has 7 heteroatoms. The van der Waals surface area contributed by atoms with Gasteiger partial charge in [0.2, 0.25) is 5.82 Å². The first-order valence-electron chi connectivity index (χ1n) is 6.25. The predicted molar refractivity (Wildman–Crippen MR) is 68.5 cm³/mol. The van der Waals surface area contributed by atoms with Crippen LogP contribution in [-0.2, 0) is 0 Å². The molecule has 5 N–H and O–H groups in total. The third-order valence-electron chi connectivity index (χ3n) is 3.90. The van der Waals surface area contributed by atoms with Crippen LogP contribution in [-0.4, -0.2) is 27.3 Å². The van der Waals surface area contributed by atoms with Gasteiger partial charge in [0.05, 0.1) is 5.54 Å². The maximum absolute atomic E-state index is 11.6. The van der Waals surface area contributed by atoms with E-state index >= 15 is 0 Å². The first-order chi connectivity index (χ1) is 8.57. The molecule has 2 unspecified atom stereocenters. The van der Waals surface area contributed by atoms with E-state index in [0.29, 0.717) is 12.5 Å². The van der Waals surface area contributed by atoms with Gasteiger partial charge in [0.1, 0.15) is 0 Å². The summed E-state index contributed by atoms with van der Waals surface area (Å²) in [6.07, 6.45) is 4.24. The number of nitrogens with one attached hydrogen (secondary N) is 3. The average molecular weight is 253 g/mol. The third kappa shape index (κ3) is 2.31. The summed E-state index contributed by atoms with van der Waals surface area (Å²) in [6, 6.07) is 0. The molecule has 7 nitrogen and oxygen atoms in total. The molecule has 0 aromatic carbocycles. The van der Waals surface area contributed by atoms with E-state index in [-0.39, 0.29) is 11.4 Å². The van der Waals surface area contributed by atoms with Crippen LogP contribution in [0.15, 0.2) is 9.59 Å². The minimum atomic E-state index is -0.607. The summed E-state index contributed by atoms with van der Waals surface area (Å²) >= 11 is 0. The molecule has 0 aliphatic heterocycles. The number of aromatic nitrogens is 3. The summed E-state index contributed by atoms with van der Waals surface area (Å²) < 4.78 is 0. The highest BCUT2D eigenvalue weighted by molar-refractivity contribution is 5.34. The Bertz CT molecular complexity index is 523. The first kappa shape index (κ1) is 12.8. The number of nitrogens with zero attached hydrogens (tertiary/aromatic N) is 1. The fraction of sp³-hybridized carbons (Fsp3) is 0.727. The highest BCUT2D eigenvalue weighted by atomic mass is 16.2. The minimum Gasteiger partial charge on any atom is -0.357 e. The fourth-order valence-electron chi connectivity index (χ4n) is 2.62. The van der Waals surface area contributed by atoms with Crippen LogP contribution in [0.2, 0.25) is 0 Å². The number of anilines is 1. The Hall–Kier alpha value is -1.63. The maximum Gasteiger partial charge on any atom is 0.342 e. The predicted octanol–water partition coefficient (Wildman–Crippen LogP) is -0.222. The molecule has 0 saturated heterocycles. The summed E-state index contributed by atoms with van der Waals surface area (Å²) in [5, 5.41) is 9.11. The number of rotatable bonds is 3. The molecule has 1 heterocycles. The van der Waals surface area contributed by atoms with Crippen LogP contribution in [0.1, 0.15) is 32.6 Å². The quantitative estimate of drug-likeness (QED) is 0.594. The van der Waals surface area contributed by atoms with Gasteiger partial charge in [0, 0.05) is 6.54 Å². The van der Waals surface area contributed by atoms with Gasteiger partial charge in [-0.05, 0) is 18.8 Å². The number of hydrogen-bond acceptors (Lipinski definition) is 5. The van der Waals surface area contributed by atoms with Gasteiger partial charge in [-0.1, -0.05) is 19.8 Å². The number of nitrogens with two attached hydrogens (primary N) is 1. The number of aromatic amines is 2. The number of H-pyrrole nitrogens is 2. The lowest BCUT2D eigenvalue weighted by atomic mass is 9.73. The first-order valence-corrected chi connectivity index (χ1v) is 6.25. The second-order valence-electron chi connectivity index (χ2n) is 4.99. The topological polar surface area (TPSA) is 117 Å². The molecule has 0 radical (unpaired) electrons.